The molecule has 0 aromatic carbocycles. The van der Waals surface area contributed by atoms with E-state index in [1.54, 1.807) is 12.4 Å². The Morgan fingerprint density at radius 2 is 1.90 bits per heavy atom. The summed E-state index contributed by atoms with van der Waals surface area (Å²) in [5, 5.41) is 7.48. The summed E-state index contributed by atoms with van der Waals surface area (Å²) < 4.78 is 5.33. The Bertz CT molecular complexity index is 549. The van der Waals surface area contributed by atoms with Gasteiger partial charge in [0.25, 0.3) is 0 Å². The first kappa shape index (κ1) is 15.6. The third-order valence-corrected chi connectivity index (χ3v) is 3.30. The average Bonchev–Trinajstić information content (AvgIpc) is 2.92. The molecule has 0 fully saturated rings. The molecule has 21 heavy (non-hydrogen) atoms. The summed E-state index contributed by atoms with van der Waals surface area (Å²) in [7, 11) is 0. The quantitative estimate of drug-likeness (QED) is 0.843. The molecule has 0 radical (unpaired) electrons. The molecule has 2 aromatic rings. The summed E-state index contributed by atoms with van der Waals surface area (Å²) >= 11 is 0. The minimum Gasteiger partial charge on any atom is -0.339 e. The van der Waals surface area contributed by atoms with Crippen LogP contribution in [0.15, 0.2) is 16.9 Å². The topological polar surface area (TPSA) is 76.7 Å². The molecule has 2 heterocycles. The van der Waals surface area contributed by atoms with Gasteiger partial charge in [0.1, 0.15) is 0 Å². The van der Waals surface area contributed by atoms with E-state index in [0.717, 1.165) is 24.9 Å². The van der Waals surface area contributed by atoms with Gasteiger partial charge in [-0.05, 0) is 31.4 Å². The van der Waals surface area contributed by atoms with Crippen molar-refractivity contribution in [2.75, 3.05) is 6.54 Å². The molecule has 0 aliphatic heterocycles. The molecular weight excluding hydrogens is 266 g/mol. The van der Waals surface area contributed by atoms with Gasteiger partial charge in [0.2, 0.25) is 17.5 Å². The van der Waals surface area contributed by atoms with Gasteiger partial charge in [0.15, 0.2) is 0 Å². The summed E-state index contributed by atoms with van der Waals surface area (Å²) in [4.78, 5) is 12.8. The van der Waals surface area contributed by atoms with Crippen LogP contribution in [-0.4, -0.2) is 32.7 Å². The van der Waals surface area contributed by atoms with Crippen molar-refractivity contribution in [2.24, 2.45) is 5.92 Å². The lowest BCUT2D eigenvalue weighted by Crippen LogP contribution is -2.36. The number of hydrogen-bond acceptors (Lipinski definition) is 6. The molecule has 1 unspecified atom stereocenters. The molecule has 2 aromatic heterocycles. The number of aromatic nitrogens is 4. The Morgan fingerprint density at radius 1 is 1.19 bits per heavy atom. The Kier molecular flexibility index (Phi) is 5.38. The van der Waals surface area contributed by atoms with E-state index in [1.807, 2.05) is 6.92 Å². The summed E-state index contributed by atoms with van der Waals surface area (Å²) in [5.74, 6) is 2.07. The van der Waals surface area contributed by atoms with Crippen molar-refractivity contribution in [3.8, 4) is 11.6 Å². The van der Waals surface area contributed by atoms with Crippen LogP contribution in [0.5, 0.6) is 0 Å². The summed E-state index contributed by atoms with van der Waals surface area (Å²) in [6.45, 7) is 9.47. The highest BCUT2D eigenvalue weighted by Gasteiger charge is 2.18. The van der Waals surface area contributed by atoms with Gasteiger partial charge in [0, 0.05) is 24.9 Å². The average molecular weight is 289 g/mol. The van der Waals surface area contributed by atoms with E-state index in [9.17, 15) is 0 Å². The molecule has 1 N–H and O–H groups in total. The Labute approximate surface area is 125 Å². The highest BCUT2D eigenvalue weighted by molar-refractivity contribution is 5.40. The van der Waals surface area contributed by atoms with Gasteiger partial charge >= 0.3 is 0 Å². The van der Waals surface area contributed by atoms with Crippen molar-refractivity contribution in [2.45, 2.75) is 46.6 Å². The second-order valence-electron chi connectivity index (χ2n) is 5.60. The Balaban J connectivity index is 2.06. The predicted octanol–water partition coefficient (Wildman–Crippen LogP) is 2.40. The molecule has 1 atom stereocenters. The van der Waals surface area contributed by atoms with Crippen LogP contribution < -0.4 is 5.32 Å². The van der Waals surface area contributed by atoms with Crippen molar-refractivity contribution in [3.63, 3.8) is 0 Å². The molecule has 6 nitrogen and oxygen atoms in total. The number of nitrogens with one attached hydrogen (secondary N) is 1. The maximum absolute atomic E-state index is 5.33. The van der Waals surface area contributed by atoms with Gasteiger partial charge in [-0.1, -0.05) is 25.9 Å². The van der Waals surface area contributed by atoms with Gasteiger partial charge in [-0.15, -0.1) is 0 Å². The summed E-state index contributed by atoms with van der Waals surface area (Å²) in [5.41, 5.74) is 1.01. The standard InChI is InChI=1S/C15H23N5O/c1-5-6-16-12(10(2)3)7-13-19-15(20-21-13)14-17-8-11(4)9-18-14/h8-10,12,16H,5-7H2,1-4H3. The zero-order valence-electron chi connectivity index (χ0n) is 13.1. The second kappa shape index (κ2) is 7.26. The molecule has 0 bridgehead atoms. The molecular formula is C15H23N5O. The van der Waals surface area contributed by atoms with Crippen LogP contribution in [-0.2, 0) is 6.42 Å². The van der Waals surface area contributed by atoms with Gasteiger partial charge in [-0.3, -0.25) is 0 Å². The molecule has 2 rings (SSSR count). The molecule has 0 amide bonds. The number of hydrogen-bond donors (Lipinski definition) is 1. The number of nitrogens with zero attached hydrogens (tertiary/aromatic N) is 4. The second-order valence-corrected chi connectivity index (χ2v) is 5.60. The molecule has 0 spiro atoms. The monoisotopic (exact) mass is 289 g/mol. The van der Waals surface area contributed by atoms with Crippen molar-refractivity contribution in [1.29, 1.82) is 0 Å². The van der Waals surface area contributed by atoms with E-state index in [0.29, 0.717) is 29.5 Å². The first-order chi connectivity index (χ1) is 10.1. The lowest BCUT2D eigenvalue weighted by atomic mass is 10.0. The van der Waals surface area contributed by atoms with E-state index in [1.165, 1.54) is 0 Å². The fourth-order valence-corrected chi connectivity index (χ4v) is 2.00. The van der Waals surface area contributed by atoms with E-state index in [2.05, 4.69) is 46.2 Å². The van der Waals surface area contributed by atoms with Crippen molar-refractivity contribution in [3.05, 3.63) is 23.8 Å². The fraction of sp³-hybridized carbons (Fsp3) is 0.600. The minimum absolute atomic E-state index is 0.331. The van der Waals surface area contributed by atoms with Gasteiger partial charge in [-0.25, -0.2) is 9.97 Å². The molecule has 0 aliphatic rings. The number of aryl methyl sites for hydroxylation is 1. The fourth-order valence-electron chi connectivity index (χ4n) is 2.00. The van der Waals surface area contributed by atoms with Crippen LogP contribution in [0.3, 0.4) is 0 Å². The smallest absolute Gasteiger partial charge is 0.240 e. The third-order valence-electron chi connectivity index (χ3n) is 3.30. The predicted molar refractivity (Wildman–Crippen MR) is 80.7 cm³/mol. The van der Waals surface area contributed by atoms with E-state index in [4.69, 9.17) is 4.52 Å². The molecule has 114 valence electrons. The van der Waals surface area contributed by atoms with Crippen molar-refractivity contribution < 1.29 is 4.52 Å². The Morgan fingerprint density at radius 3 is 2.52 bits per heavy atom. The minimum atomic E-state index is 0.331. The maximum Gasteiger partial charge on any atom is 0.240 e. The van der Waals surface area contributed by atoms with Crippen molar-refractivity contribution in [1.82, 2.24) is 25.4 Å². The van der Waals surface area contributed by atoms with Crippen LogP contribution in [0, 0.1) is 12.8 Å². The van der Waals surface area contributed by atoms with Gasteiger partial charge < -0.3 is 9.84 Å². The van der Waals surface area contributed by atoms with Gasteiger partial charge in [-0.2, -0.15) is 4.98 Å². The SMILES string of the molecule is CCCNC(Cc1nc(-c2ncc(C)cn2)no1)C(C)C. The third kappa shape index (κ3) is 4.32. The molecule has 0 saturated carbocycles. The van der Waals surface area contributed by atoms with Crippen LogP contribution in [0.2, 0.25) is 0 Å². The van der Waals surface area contributed by atoms with Gasteiger partial charge in [0.05, 0.1) is 0 Å². The summed E-state index contributed by atoms with van der Waals surface area (Å²) in [6, 6.07) is 0.331. The van der Waals surface area contributed by atoms with Crippen LogP contribution in [0.25, 0.3) is 11.6 Å². The maximum atomic E-state index is 5.33. The summed E-state index contributed by atoms with van der Waals surface area (Å²) in [6.07, 6.45) is 5.32. The highest BCUT2D eigenvalue weighted by atomic mass is 16.5. The first-order valence-corrected chi connectivity index (χ1v) is 7.45. The zero-order valence-corrected chi connectivity index (χ0v) is 13.1. The molecule has 6 heteroatoms. The lowest BCUT2D eigenvalue weighted by Gasteiger charge is -2.20. The van der Waals surface area contributed by atoms with Crippen molar-refractivity contribution >= 4 is 0 Å². The normalized spacial score (nSPS) is 12.8. The highest BCUT2D eigenvalue weighted by Crippen LogP contribution is 2.13. The van der Waals surface area contributed by atoms with Crippen LogP contribution in [0.1, 0.15) is 38.6 Å². The van der Waals surface area contributed by atoms with E-state index >= 15 is 0 Å². The Hall–Kier alpha value is -1.82. The van der Waals surface area contributed by atoms with Crippen LogP contribution in [0.4, 0.5) is 0 Å². The lowest BCUT2D eigenvalue weighted by molar-refractivity contribution is 0.326. The van der Waals surface area contributed by atoms with Crippen LogP contribution >= 0.6 is 0 Å². The zero-order chi connectivity index (χ0) is 15.2. The molecule has 0 aliphatic carbocycles. The first-order valence-electron chi connectivity index (χ1n) is 7.45. The largest absolute Gasteiger partial charge is 0.339 e. The van der Waals surface area contributed by atoms with E-state index < -0.39 is 0 Å². The number of rotatable bonds is 7. The molecule has 0 saturated heterocycles. The van der Waals surface area contributed by atoms with E-state index in [-0.39, 0.29) is 0 Å².